The van der Waals surface area contributed by atoms with Gasteiger partial charge in [-0.25, -0.2) is 4.39 Å². The first-order valence-electron chi connectivity index (χ1n) is 6.93. The summed E-state index contributed by atoms with van der Waals surface area (Å²) in [6.45, 7) is 2.56. The number of carbonyl (C=O) groups is 1. The molecule has 0 unspecified atom stereocenters. The Balaban J connectivity index is 1.91. The smallest absolute Gasteiger partial charge is 0.238 e. The number of hydrogen-bond acceptors (Lipinski definition) is 2. The number of nitrogens with zero attached hydrogens (tertiary/aromatic N) is 1. The van der Waals surface area contributed by atoms with Crippen molar-refractivity contribution in [2.75, 3.05) is 18.9 Å². The number of likely N-dealkylation sites (N-methyl/N-ethyl adjacent to an activating group) is 1. The lowest BCUT2D eigenvalue weighted by Gasteiger charge is -2.17. The molecule has 0 saturated carbocycles. The van der Waals surface area contributed by atoms with E-state index in [-0.39, 0.29) is 18.3 Å². The molecule has 2 aromatic rings. The maximum absolute atomic E-state index is 13.6. The molecule has 116 valence electrons. The highest BCUT2D eigenvalue weighted by atomic mass is 79.9. The molecule has 3 nitrogen and oxygen atoms in total. The molecule has 0 aromatic heterocycles. The van der Waals surface area contributed by atoms with Gasteiger partial charge in [0, 0.05) is 22.3 Å². The molecule has 22 heavy (non-hydrogen) atoms. The summed E-state index contributed by atoms with van der Waals surface area (Å²) in [7, 11) is 1.79. The zero-order valence-electron chi connectivity index (χ0n) is 12.6. The first-order valence-corrected chi connectivity index (χ1v) is 7.73. The van der Waals surface area contributed by atoms with E-state index >= 15 is 0 Å². The van der Waals surface area contributed by atoms with Crippen molar-refractivity contribution in [3.8, 4) is 0 Å². The SMILES string of the molecule is Cc1ccc(NC(=O)CN(C)Cc2ccccc2F)cc1Br. The van der Waals surface area contributed by atoms with Crippen LogP contribution in [0.3, 0.4) is 0 Å². The van der Waals surface area contributed by atoms with E-state index in [0.717, 1.165) is 15.7 Å². The van der Waals surface area contributed by atoms with Crippen molar-refractivity contribution in [2.24, 2.45) is 0 Å². The summed E-state index contributed by atoms with van der Waals surface area (Å²) in [6, 6.07) is 12.2. The molecule has 0 bridgehead atoms. The number of hydrogen-bond donors (Lipinski definition) is 1. The lowest BCUT2D eigenvalue weighted by molar-refractivity contribution is -0.117. The fraction of sp³-hybridized carbons (Fsp3) is 0.235. The van der Waals surface area contributed by atoms with Gasteiger partial charge < -0.3 is 5.32 Å². The molecule has 0 fully saturated rings. The van der Waals surface area contributed by atoms with Crippen molar-refractivity contribution >= 4 is 27.5 Å². The molecule has 1 amide bonds. The molecule has 0 aliphatic carbocycles. The van der Waals surface area contributed by atoms with E-state index in [4.69, 9.17) is 0 Å². The van der Waals surface area contributed by atoms with E-state index in [1.165, 1.54) is 6.07 Å². The van der Waals surface area contributed by atoms with Gasteiger partial charge >= 0.3 is 0 Å². The summed E-state index contributed by atoms with van der Waals surface area (Å²) in [6.07, 6.45) is 0. The van der Waals surface area contributed by atoms with E-state index in [9.17, 15) is 9.18 Å². The van der Waals surface area contributed by atoms with Crippen LogP contribution >= 0.6 is 15.9 Å². The number of nitrogens with one attached hydrogen (secondary N) is 1. The quantitative estimate of drug-likeness (QED) is 0.870. The lowest BCUT2D eigenvalue weighted by atomic mass is 10.2. The van der Waals surface area contributed by atoms with Gasteiger partial charge in [0.1, 0.15) is 5.82 Å². The molecule has 0 saturated heterocycles. The average Bonchev–Trinajstić information content (AvgIpc) is 2.45. The van der Waals surface area contributed by atoms with Crippen LogP contribution in [-0.4, -0.2) is 24.4 Å². The fourth-order valence-electron chi connectivity index (χ4n) is 2.09. The topological polar surface area (TPSA) is 32.3 Å². The minimum atomic E-state index is -0.253. The normalized spacial score (nSPS) is 10.8. The summed E-state index contributed by atoms with van der Waals surface area (Å²) in [5, 5.41) is 2.84. The van der Waals surface area contributed by atoms with Crippen molar-refractivity contribution in [2.45, 2.75) is 13.5 Å². The van der Waals surface area contributed by atoms with Crippen LogP contribution in [0.4, 0.5) is 10.1 Å². The highest BCUT2D eigenvalue weighted by molar-refractivity contribution is 9.10. The predicted molar refractivity (Wildman–Crippen MR) is 90.2 cm³/mol. The second kappa shape index (κ2) is 7.51. The standard InChI is InChI=1S/C17H18BrFN2O/c1-12-7-8-14(9-15(12)18)20-17(22)11-21(2)10-13-5-3-4-6-16(13)19/h3-9H,10-11H2,1-2H3,(H,20,22). The lowest BCUT2D eigenvalue weighted by Crippen LogP contribution is -2.30. The summed E-state index contributed by atoms with van der Waals surface area (Å²) in [5.74, 6) is -0.383. The molecule has 0 spiro atoms. The zero-order chi connectivity index (χ0) is 16.1. The number of amides is 1. The molecule has 0 atom stereocenters. The van der Waals surface area contributed by atoms with Crippen LogP contribution in [0.2, 0.25) is 0 Å². The number of anilines is 1. The van der Waals surface area contributed by atoms with Crippen molar-refractivity contribution in [3.63, 3.8) is 0 Å². The average molecular weight is 365 g/mol. The van der Waals surface area contributed by atoms with Crippen LogP contribution in [0.1, 0.15) is 11.1 Å². The van der Waals surface area contributed by atoms with Crippen LogP contribution < -0.4 is 5.32 Å². The van der Waals surface area contributed by atoms with Gasteiger partial charge in [0.25, 0.3) is 0 Å². The molecule has 0 aliphatic rings. The van der Waals surface area contributed by atoms with Crippen molar-refractivity contribution in [1.29, 1.82) is 0 Å². The van der Waals surface area contributed by atoms with Crippen LogP contribution in [0, 0.1) is 12.7 Å². The second-order valence-corrected chi connectivity index (χ2v) is 6.13. The highest BCUT2D eigenvalue weighted by Crippen LogP contribution is 2.20. The summed E-state index contributed by atoms with van der Waals surface area (Å²) in [4.78, 5) is 13.8. The Kier molecular flexibility index (Phi) is 5.69. The maximum Gasteiger partial charge on any atom is 0.238 e. The second-order valence-electron chi connectivity index (χ2n) is 5.28. The molecule has 2 rings (SSSR count). The molecule has 1 N–H and O–H groups in total. The number of carbonyl (C=O) groups excluding carboxylic acids is 1. The van der Waals surface area contributed by atoms with Crippen LogP contribution in [0.5, 0.6) is 0 Å². The molecular formula is C17H18BrFN2O. The van der Waals surface area contributed by atoms with Gasteiger partial charge in [-0.2, -0.15) is 0 Å². The molecule has 2 aromatic carbocycles. The monoisotopic (exact) mass is 364 g/mol. The molecule has 0 heterocycles. The predicted octanol–water partition coefficient (Wildman–Crippen LogP) is 3.97. The highest BCUT2D eigenvalue weighted by Gasteiger charge is 2.10. The largest absolute Gasteiger partial charge is 0.325 e. The van der Waals surface area contributed by atoms with E-state index < -0.39 is 0 Å². The van der Waals surface area contributed by atoms with E-state index in [2.05, 4.69) is 21.2 Å². The summed E-state index contributed by atoms with van der Waals surface area (Å²) < 4.78 is 14.5. The van der Waals surface area contributed by atoms with E-state index in [1.54, 1.807) is 30.1 Å². The Labute approximate surface area is 138 Å². The van der Waals surface area contributed by atoms with Gasteiger partial charge in [-0.05, 0) is 37.7 Å². The fourth-order valence-corrected chi connectivity index (χ4v) is 2.47. The number of benzene rings is 2. The summed E-state index contributed by atoms with van der Waals surface area (Å²) >= 11 is 3.44. The van der Waals surface area contributed by atoms with Crippen LogP contribution in [-0.2, 0) is 11.3 Å². The number of aryl methyl sites for hydroxylation is 1. The van der Waals surface area contributed by atoms with Gasteiger partial charge in [0.15, 0.2) is 0 Å². The first-order chi connectivity index (χ1) is 10.5. The number of rotatable bonds is 5. The van der Waals surface area contributed by atoms with Crippen LogP contribution in [0.25, 0.3) is 0 Å². The van der Waals surface area contributed by atoms with E-state index in [1.807, 2.05) is 25.1 Å². The third kappa shape index (κ3) is 4.64. The van der Waals surface area contributed by atoms with Gasteiger partial charge in [-0.15, -0.1) is 0 Å². The first kappa shape index (κ1) is 16.6. The van der Waals surface area contributed by atoms with Crippen LogP contribution in [0.15, 0.2) is 46.9 Å². The van der Waals surface area contributed by atoms with E-state index in [0.29, 0.717) is 12.1 Å². The zero-order valence-corrected chi connectivity index (χ0v) is 14.2. The number of halogens is 2. The van der Waals surface area contributed by atoms with Crippen molar-refractivity contribution in [1.82, 2.24) is 4.90 Å². The molecule has 5 heteroatoms. The Morgan fingerprint density at radius 1 is 1.27 bits per heavy atom. The van der Waals surface area contributed by atoms with Gasteiger partial charge in [-0.1, -0.05) is 40.2 Å². The third-order valence-corrected chi connectivity index (χ3v) is 4.12. The Hall–Kier alpha value is -1.72. The van der Waals surface area contributed by atoms with Gasteiger partial charge in [0.2, 0.25) is 5.91 Å². The molecule has 0 radical (unpaired) electrons. The maximum atomic E-state index is 13.6. The Morgan fingerprint density at radius 2 is 2.00 bits per heavy atom. The summed E-state index contributed by atoms with van der Waals surface area (Å²) in [5.41, 5.74) is 2.42. The third-order valence-electron chi connectivity index (χ3n) is 3.27. The minimum Gasteiger partial charge on any atom is -0.325 e. The molecular weight excluding hydrogens is 347 g/mol. The Morgan fingerprint density at radius 3 is 2.68 bits per heavy atom. The van der Waals surface area contributed by atoms with Crippen molar-refractivity contribution in [3.05, 3.63) is 63.9 Å². The Bertz CT molecular complexity index is 675. The van der Waals surface area contributed by atoms with Gasteiger partial charge in [-0.3, -0.25) is 9.69 Å². The van der Waals surface area contributed by atoms with Gasteiger partial charge in [0.05, 0.1) is 6.54 Å². The van der Waals surface area contributed by atoms with Crippen molar-refractivity contribution < 1.29 is 9.18 Å². The minimum absolute atomic E-state index is 0.130. The molecule has 0 aliphatic heterocycles.